The molecule has 9 heteroatoms. The second-order valence-corrected chi connectivity index (χ2v) is 9.59. The maximum atomic E-state index is 13.1. The Hall–Kier alpha value is -2.52. The third-order valence-electron chi connectivity index (χ3n) is 5.62. The lowest BCUT2D eigenvalue weighted by molar-refractivity contribution is -0.118. The number of nitrogens with one attached hydrogen (secondary N) is 1. The molecule has 2 heterocycles. The van der Waals surface area contributed by atoms with E-state index in [9.17, 15) is 9.59 Å². The summed E-state index contributed by atoms with van der Waals surface area (Å²) < 4.78 is 12.3. The number of carbonyl (C=O) groups is 1. The van der Waals surface area contributed by atoms with Crippen LogP contribution in [0.3, 0.4) is 0 Å². The molecule has 1 aliphatic rings. The molecule has 0 saturated carbocycles. The van der Waals surface area contributed by atoms with Crippen molar-refractivity contribution in [3.8, 4) is 11.5 Å². The van der Waals surface area contributed by atoms with Crippen LogP contribution in [0.5, 0.6) is 11.5 Å². The minimum Gasteiger partial charge on any atom is -0.493 e. The Labute approximate surface area is 195 Å². The van der Waals surface area contributed by atoms with E-state index in [1.54, 1.807) is 30.1 Å². The van der Waals surface area contributed by atoms with Crippen molar-refractivity contribution in [3.05, 3.63) is 44.6 Å². The summed E-state index contributed by atoms with van der Waals surface area (Å²) in [5.41, 5.74) is 2.26. The maximum Gasteiger partial charge on any atom is 0.263 e. The molecule has 0 bridgehead atoms. The zero-order chi connectivity index (χ0) is 22.7. The lowest BCUT2D eigenvalue weighted by Crippen LogP contribution is -2.28. The molecule has 0 fully saturated rings. The zero-order valence-electron chi connectivity index (χ0n) is 18.5. The topological polar surface area (TPSA) is 82.5 Å². The molecule has 32 heavy (non-hydrogen) atoms. The number of benzene rings is 1. The van der Waals surface area contributed by atoms with Gasteiger partial charge in [-0.05, 0) is 55.9 Å². The monoisotopic (exact) mass is 473 g/mol. The first kappa shape index (κ1) is 22.7. The lowest BCUT2D eigenvalue weighted by Gasteiger charge is -2.11. The van der Waals surface area contributed by atoms with Gasteiger partial charge in [-0.2, -0.15) is 0 Å². The standard InChI is InChI=1S/C23H27N3O4S2/c1-4-26-22(28)20-15-6-5-7-18(15)32-21(20)25-23(26)31-13-19(27)24-11-10-14-8-9-16(29-2)17(12-14)30-3/h8-9,12H,4-7,10-11,13H2,1-3H3,(H,24,27). The van der Waals surface area contributed by atoms with Gasteiger partial charge >= 0.3 is 0 Å². The van der Waals surface area contributed by atoms with E-state index in [4.69, 9.17) is 14.5 Å². The summed E-state index contributed by atoms with van der Waals surface area (Å²) in [6, 6.07) is 5.73. The van der Waals surface area contributed by atoms with Gasteiger partial charge < -0.3 is 14.8 Å². The van der Waals surface area contributed by atoms with Crippen LogP contribution in [0, 0.1) is 0 Å². The minimum absolute atomic E-state index is 0.0215. The van der Waals surface area contributed by atoms with Crippen molar-refractivity contribution in [2.75, 3.05) is 26.5 Å². The van der Waals surface area contributed by atoms with Gasteiger partial charge in [-0.15, -0.1) is 11.3 Å². The summed E-state index contributed by atoms with van der Waals surface area (Å²) in [5.74, 6) is 1.49. The van der Waals surface area contributed by atoms with E-state index in [2.05, 4.69) is 5.32 Å². The third kappa shape index (κ3) is 4.49. The van der Waals surface area contributed by atoms with Gasteiger partial charge in [-0.3, -0.25) is 14.2 Å². The summed E-state index contributed by atoms with van der Waals surface area (Å²) in [5, 5.41) is 4.34. The van der Waals surface area contributed by atoms with Crippen LogP contribution in [-0.4, -0.2) is 42.0 Å². The predicted molar refractivity (Wildman–Crippen MR) is 129 cm³/mol. The molecule has 1 N–H and O–H groups in total. The van der Waals surface area contributed by atoms with Gasteiger partial charge in [0, 0.05) is 18.0 Å². The van der Waals surface area contributed by atoms with Crippen molar-refractivity contribution in [1.82, 2.24) is 14.9 Å². The van der Waals surface area contributed by atoms with Gasteiger partial charge in [0.05, 0.1) is 25.4 Å². The Bertz CT molecular complexity index is 1200. The van der Waals surface area contributed by atoms with E-state index in [1.165, 1.54) is 22.2 Å². The van der Waals surface area contributed by atoms with Gasteiger partial charge in [0.15, 0.2) is 16.7 Å². The van der Waals surface area contributed by atoms with E-state index in [1.807, 2.05) is 25.1 Å². The number of nitrogens with zero attached hydrogens (tertiary/aromatic N) is 2. The second kappa shape index (κ2) is 9.95. The van der Waals surface area contributed by atoms with Crippen LogP contribution in [-0.2, 0) is 30.6 Å². The van der Waals surface area contributed by atoms with Crippen LogP contribution in [0.15, 0.2) is 28.2 Å². The molecule has 0 atom stereocenters. The summed E-state index contributed by atoms with van der Waals surface area (Å²) in [6.07, 6.45) is 3.79. The number of hydrogen-bond acceptors (Lipinski definition) is 7. The molecule has 0 radical (unpaired) electrons. The smallest absolute Gasteiger partial charge is 0.263 e. The summed E-state index contributed by atoms with van der Waals surface area (Å²) in [4.78, 5) is 32.3. The molecule has 1 aliphatic carbocycles. The first-order valence-corrected chi connectivity index (χ1v) is 12.5. The average Bonchev–Trinajstić information content (AvgIpc) is 3.38. The van der Waals surface area contributed by atoms with E-state index in [-0.39, 0.29) is 17.2 Å². The highest BCUT2D eigenvalue weighted by atomic mass is 32.2. The number of amides is 1. The first-order chi connectivity index (χ1) is 15.5. The van der Waals surface area contributed by atoms with Crippen LogP contribution >= 0.6 is 23.1 Å². The number of fused-ring (bicyclic) bond motifs is 3. The summed E-state index contributed by atoms with van der Waals surface area (Å²) >= 11 is 2.94. The molecule has 1 aromatic carbocycles. The number of ether oxygens (including phenoxy) is 2. The van der Waals surface area contributed by atoms with Gasteiger partial charge in [0.1, 0.15) is 4.83 Å². The quantitative estimate of drug-likeness (QED) is 0.379. The number of rotatable bonds is 9. The highest BCUT2D eigenvalue weighted by Crippen LogP contribution is 2.35. The molecule has 0 spiro atoms. The minimum atomic E-state index is -0.0823. The van der Waals surface area contributed by atoms with Crippen LogP contribution in [0.4, 0.5) is 0 Å². The molecule has 0 saturated heterocycles. The number of thiophene rings is 1. The van der Waals surface area contributed by atoms with Gasteiger partial charge in [0.2, 0.25) is 5.91 Å². The largest absolute Gasteiger partial charge is 0.493 e. The van der Waals surface area contributed by atoms with Gasteiger partial charge in [-0.1, -0.05) is 17.8 Å². The molecule has 0 unspecified atom stereocenters. The van der Waals surface area contributed by atoms with Crippen LogP contribution in [0.1, 0.15) is 29.3 Å². The van der Waals surface area contributed by atoms with Crippen molar-refractivity contribution in [1.29, 1.82) is 0 Å². The predicted octanol–water partition coefficient (Wildman–Crippen LogP) is 3.43. The molecule has 2 aromatic heterocycles. The highest BCUT2D eigenvalue weighted by molar-refractivity contribution is 7.99. The second-order valence-electron chi connectivity index (χ2n) is 7.56. The normalized spacial score (nSPS) is 12.7. The molecule has 3 aromatic rings. The van der Waals surface area contributed by atoms with Crippen LogP contribution < -0.4 is 20.3 Å². The van der Waals surface area contributed by atoms with E-state index >= 15 is 0 Å². The number of aromatic nitrogens is 2. The molecule has 4 rings (SSSR count). The Morgan fingerprint density at radius 3 is 2.81 bits per heavy atom. The Balaban J connectivity index is 1.37. The fraction of sp³-hybridized carbons (Fsp3) is 0.435. The van der Waals surface area contributed by atoms with E-state index < -0.39 is 0 Å². The fourth-order valence-corrected chi connectivity index (χ4v) is 6.21. The molecular formula is C23H27N3O4S2. The number of methoxy groups -OCH3 is 2. The van der Waals surface area contributed by atoms with E-state index in [0.29, 0.717) is 36.2 Å². The number of thioether (sulfide) groups is 1. The number of carbonyl (C=O) groups excluding carboxylic acids is 1. The maximum absolute atomic E-state index is 13.1. The van der Waals surface area contributed by atoms with Gasteiger partial charge in [0.25, 0.3) is 5.56 Å². The Morgan fingerprint density at radius 2 is 2.06 bits per heavy atom. The highest BCUT2D eigenvalue weighted by Gasteiger charge is 2.23. The van der Waals surface area contributed by atoms with Crippen LogP contribution in [0.25, 0.3) is 10.2 Å². The fourth-order valence-electron chi connectivity index (χ4n) is 4.01. The molecular weight excluding hydrogens is 446 g/mol. The van der Waals surface area contributed by atoms with Gasteiger partial charge in [-0.25, -0.2) is 4.98 Å². The summed E-state index contributed by atoms with van der Waals surface area (Å²) in [7, 11) is 3.21. The molecule has 1 amide bonds. The molecule has 0 aliphatic heterocycles. The number of aryl methyl sites for hydroxylation is 2. The third-order valence-corrected chi connectivity index (χ3v) is 7.78. The van der Waals surface area contributed by atoms with Crippen molar-refractivity contribution in [3.63, 3.8) is 0 Å². The SMILES string of the molecule is CCn1c(SCC(=O)NCCc2ccc(OC)c(OC)c2)nc2sc3c(c2c1=O)CCC3. The molecule has 7 nitrogen and oxygen atoms in total. The van der Waals surface area contributed by atoms with Crippen LogP contribution in [0.2, 0.25) is 0 Å². The van der Waals surface area contributed by atoms with Crippen molar-refractivity contribution < 1.29 is 14.3 Å². The van der Waals surface area contributed by atoms with Crippen molar-refractivity contribution >= 4 is 39.2 Å². The molecule has 170 valence electrons. The van der Waals surface area contributed by atoms with E-state index in [0.717, 1.165) is 35.0 Å². The Morgan fingerprint density at radius 1 is 1.25 bits per heavy atom. The average molecular weight is 474 g/mol. The van der Waals surface area contributed by atoms with Crippen molar-refractivity contribution in [2.45, 2.75) is 44.3 Å². The Kier molecular flexibility index (Phi) is 7.05. The zero-order valence-corrected chi connectivity index (χ0v) is 20.2. The first-order valence-electron chi connectivity index (χ1n) is 10.7. The summed E-state index contributed by atoms with van der Waals surface area (Å²) in [6.45, 7) is 2.99. The number of hydrogen-bond donors (Lipinski definition) is 1. The van der Waals surface area contributed by atoms with Crippen molar-refractivity contribution in [2.24, 2.45) is 0 Å². The lowest BCUT2D eigenvalue weighted by atomic mass is 10.1.